The van der Waals surface area contributed by atoms with Crippen molar-refractivity contribution in [3.63, 3.8) is 0 Å². The Morgan fingerprint density at radius 3 is 2.25 bits per heavy atom. The van der Waals surface area contributed by atoms with Crippen LogP contribution in [0, 0.1) is 31.3 Å². The minimum Gasteiger partial charge on any atom is -0.322 e. The molecule has 0 aromatic heterocycles. The number of benzene rings is 2. The number of amides is 1. The Bertz CT molecular complexity index is 677. The molecule has 0 aliphatic carbocycles. The van der Waals surface area contributed by atoms with Crippen LogP contribution in [0.25, 0.3) is 0 Å². The molecular weight excluding hydrogens is 361 g/mol. The van der Waals surface area contributed by atoms with E-state index in [0.717, 1.165) is 16.8 Å². The molecule has 0 heterocycles. The summed E-state index contributed by atoms with van der Waals surface area (Å²) in [5.41, 5.74) is 6.16. The third-order valence-electron chi connectivity index (χ3n) is 3.52. The number of carbonyl (C=O) groups is 1. The summed E-state index contributed by atoms with van der Waals surface area (Å²) in [6.45, 7) is 8.13. The molecule has 0 bridgehead atoms. The van der Waals surface area contributed by atoms with Crippen LogP contribution < -0.4 is 5.32 Å². The molecule has 20 heavy (non-hydrogen) atoms. The lowest BCUT2D eigenvalue weighted by molar-refractivity contribution is 0.102. The predicted octanol–water partition coefficient (Wildman–Crippen LogP) is 4.78. The maximum atomic E-state index is 12.3. The zero-order chi connectivity index (χ0) is 14.9. The minimum atomic E-state index is -0.0585. The van der Waals surface area contributed by atoms with Gasteiger partial charge in [-0.2, -0.15) is 0 Å². The first kappa shape index (κ1) is 15.0. The molecule has 0 spiro atoms. The highest BCUT2D eigenvalue weighted by atomic mass is 127. The van der Waals surface area contributed by atoms with Crippen LogP contribution in [-0.2, 0) is 0 Å². The second-order valence-corrected chi connectivity index (χ2v) is 6.33. The van der Waals surface area contributed by atoms with Crippen molar-refractivity contribution in [3.05, 3.63) is 61.7 Å². The first-order valence-corrected chi connectivity index (χ1v) is 7.61. The van der Waals surface area contributed by atoms with Crippen LogP contribution in [0.5, 0.6) is 0 Å². The number of rotatable bonds is 2. The van der Waals surface area contributed by atoms with Crippen LogP contribution >= 0.6 is 22.6 Å². The zero-order valence-corrected chi connectivity index (χ0v) is 14.3. The van der Waals surface area contributed by atoms with Gasteiger partial charge in [-0.1, -0.05) is 6.07 Å². The molecule has 1 amide bonds. The Hall–Kier alpha value is -1.36. The van der Waals surface area contributed by atoms with Crippen molar-refractivity contribution in [1.29, 1.82) is 0 Å². The van der Waals surface area contributed by atoms with Crippen LogP contribution in [0.3, 0.4) is 0 Å². The summed E-state index contributed by atoms with van der Waals surface area (Å²) < 4.78 is 1.21. The van der Waals surface area contributed by atoms with Crippen LogP contribution in [0.2, 0.25) is 0 Å². The summed E-state index contributed by atoms with van der Waals surface area (Å²) in [7, 11) is 0. The number of aryl methyl sites for hydroxylation is 4. The highest BCUT2D eigenvalue weighted by Gasteiger charge is 2.10. The fourth-order valence-corrected chi connectivity index (χ4v) is 2.62. The molecule has 2 nitrogen and oxygen atoms in total. The second-order valence-electron chi connectivity index (χ2n) is 5.17. The average molecular weight is 379 g/mol. The standard InChI is InChI=1S/C17H18INO/c1-10-5-6-14(7-11(10)2)17(20)19-16-9-12(3)15(18)8-13(16)4/h5-9H,1-4H3,(H,19,20). The van der Waals surface area contributed by atoms with E-state index in [4.69, 9.17) is 0 Å². The maximum absolute atomic E-state index is 12.3. The molecule has 0 aliphatic heterocycles. The molecule has 3 heteroatoms. The van der Waals surface area contributed by atoms with Gasteiger partial charge in [0.15, 0.2) is 0 Å². The third kappa shape index (κ3) is 3.20. The Balaban J connectivity index is 2.27. The Morgan fingerprint density at radius 2 is 1.60 bits per heavy atom. The summed E-state index contributed by atoms with van der Waals surface area (Å²) in [6, 6.07) is 9.89. The van der Waals surface area contributed by atoms with Crippen molar-refractivity contribution >= 4 is 34.2 Å². The normalized spacial score (nSPS) is 10.4. The van der Waals surface area contributed by atoms with Crippen molar-refractivity contribution in [1.82, 2.24) is 0 Å². The van der Waals surface area contributed by atoms with Crippen molar-refractivity contribution in [2.75, 3.05) is 5.32 Å². The lowest BCUT2D eigenvalue weighted by Gasteiger charge is -2.11. The smallest absolute Gasteiger partial charge is 0.255 e. The number of carbonyl (C=O) groups excluding carboxylic acids is 1. The van der Waals surface area contributed by atoms with E-state index in [1.807, 2.05) is 52.0 Å². The summed E-state index contributed by atoms with van der Waals surface area (Å²) in [5.74, 6) is -0.0585. The van der Waals surface area contributed by atoms with E-state index in [1.54, 1.807) is 0 Å². The minimum absolute atomic E-state index is 0.0585. The van der Waals surface area contributed by atoms with Gasteiger partial charge in [-0.25, -0.2) is 0 Å². The summed E-state index contributed by atoms with van der Waals surface area (Å²) in [6.07, 6.45) is 0. The van der Waals surface area contributed by atoms with E-state index >= 15 is 0 Å². The first-order valence-electron chi connectivity index (χ1n) is 6.54. The molecule has 1 N–H and O–H groups in total. The van der Waals surface area contributed by atoms with E-state index in [1.165, 1.54) is 14.7 Å². The molecule has 0 aliphatic rings. The van der Waals surface area contributed by atoms with Gasteiger partial charge in [-0.3, -0.25) is 4.79 Å². The van der Waals surface area contributed by atoms with Crippen molar-refractivity contribution < 1.29 is 4.79 Å². The van der Waals surface area contributed by atoms with E-state index in [-0.39, 0.29) is 5.91 Å². The second kappa shape index (κ2) is 5.95. The van der Waals surface area contributed by atoms with Gasteiger partial charge in [-0.15, -0.1) is 0 Å². The summed E-state index contributed by atoms with van der Waals surface area (Å²) >= 11 is 2.31. The molecule has 0 saturated carbocycles. The topological polar surface area (TPSA) is 29.1 Å². The molecule has 0 saturated heterocycles. The fourth-order valence-electron chi connectivity index (χ4n) is 1.99. The van der Waals surface area contributed by atoms with E-state index < -0.39 is 0 Å². The monoisotopic (exact) mass is 379 g/mol. The highest BCUT2D eigenvalue weighted by Crippen LogP contribution is 2.22. The number of hydrogen-bond donors (Lipinski definition) is 1. The summed E-state index contributed by atoms with van der Waals surface area (Å²) in [5, 5.41) is 3.00. The van der Waals surface area contributed by atoms with Crippen LogP contribution in [0.15, 0.2) is 30.3 Å². The molecular formula is C17H18INO. The molecule has 2 rings (SSSR count). The first-order chi connectivity index (χ1) is 9.38. The number of anilines is 1. The average Bonchev–Trinajstić information content (AvgIpc) is 2.39. The van der Waals surface area contributed by atoms with Crippen molar-refractivity contribution in [2.24, 2.45) is 0 Å². The Kier molecular flexibility index (Phi) is 4.48. The maximum Gasteiger partial charge on any atom is 0.255 e. The van der Waals surface area contributed by atoms with Gasteiger partial charge in [0.05, 0.1) is 0 Å². The third-order valence-corrected chi connectivity index (χ3v) is 4.69. The number of nitrogens with one attached hydrogen (secondary N) is 1. The SMILES string of the molecule is Cc1ccc(C(=O)Nc2cc(C)c(I)cc2C)cc1C. The van der Waals surface area contributed by atoms with E-state index in [0.29, 0.717) is 5.56 Å². The molecule has 2 aromatic rings. The van der Waals surface area contributed by atoms with Crippen molar-refractivity contribution in [2.45, 2.75) is 27.7 Å². The van der Waals surface area contributed by atoms with Gasteiger partial charge < -0.3 is 5.32 Å². The fraction of sp³-hybridized carbons (Fsp3) is 0.235. The van der Waals surface area contributed by atoms with Crippen LogP contribution in [0.1, 0.15) is 32.6 Å². The van der Waals surface area contributed by atoms with Gasteiger partial charge in [0.25, 0.3) is 5.91 Å². The predicted molar refractivity (Wildman–Crippen MR) is 92.5 cm³/mol. The van der Waals surface area contributed by atoms with Gasteiger partial charge in [-0.05, 0) is 96.8 Å². The quantitative estimate of drug-likeness (QED) is 0.748. The zero-order valence-electron chi connectivity index (χ0n) is 12.2. The Labute approximate surface area is 133 Å². The van der Waals surface area contributed by atoms with Crippen LogP contribution in [0.4, 0.5) is 5.69 Å². The molecule has 0 unspecified atom stereocenters. The number of halogens is 1. The molecule has 2 aromatic carbocycles. The lowest BCUT2D eigenvalue weighted by Crippen LogP contribution is -2.13. The van der Waals surface area contributed by atoms with Gasteiger partial charge >= 0.3 is 0 Å². The molecule has 0 radical (unpaired) electrons. The lowest BCUT2D eigenvalue weighted by atomic mass is 10.1. The van der Waals surface area contributed by atoms with Gasteiger partial charge in [0.1, 0.15) is 0 Å². The largest absolute Gasteiger partial charge is 0.322 e. The van der Waals surface area contributed by atoms with E-state index in [9.17, 15) is 4.79 Å². The number of hydrogen-bond acceptors (Lipinski definition) is 1. The van der Waals surface area contributed by atoms with E-state index in [2.05, 4.69) is 34.0 Å². The molecule has 0 atom stereocenters. The highest BCUT2D eigenvalue weighted by molar-refractivity contribution is 14.1. The van der Waals surface area contributed by atoms with Gasteiger partial charge in [0.2, 0.25) is 0 Å². The van der Waals surface area contributed by atoms with Crippen LogP contribution in [-0.4, -0.2) is 5.91 Å². The Morgan fingerprint density at radius 1 is 0.900 bits per heavy atom. The molecule has 104 valence electrons. The van der Waals surface area contributed by atoms with Gasteiger partial charge in [0, 0.05) is 14.8 Å². The summed E-state index contributed by atoms with van der Waals surface area (Å²) in [4.78, 5) is 12.3. The molecule has 0 fully saturated rings. The van der Waals surface area contributed by atoms with Crippen molar-refractivity contribution in [3.8, 4) is 0 Å².